The van der Waals surface area contributed by atoms with Crippen molar-refractivity contribution in [2.75, 3.05) is 5.32 Å². The van der Waals surface area contributed by atoms with Gasteiger partial charge in [0.1, 0.15) is 5.82 Å². The quantitative estimate of drug-likeness (QED) is 0.911. The molecule has 0 aliphatic carbocycles. The Bertz CT molecular complexity index is 699. The fraction of sp³-hybridized carbons (Fsp3) is 0.176. The smallest absolute Gasteiger partial charge is 0.258 e. The van der Waals surface area contributed by atoms with E-state index in [9.17, 15) is 14.0 Å². The molecule has 22 heavy (non-hydrogen) atoms. The molecule has 0 unspecified atom stereocenters. The number of nitrogens with one attached hydrogen (secondary N) is 2. The summed E-state index contributed by atoms with van der Waals surface area (Å²) < 4.78 is 13.6. The number of benzene rings is 2. The summed E-state index contributed by atoms with van der Waals surface area (Å²) in [4.78, 5) is 24.0. The number of rotatable bonds is 4. The average molecular weight is 300 g/mol. The zero-order valence-corrected chi connectivity index (χ0v) is 12.4. The van der Waals surface area contributed by atoms with Gasteiger partial charge in [-0.1, -0.05) is 18.2 Å². The normalized spacial score (nSPS) is 10.4. The second kappa shape index (κ2) is 6.85. The minimum atomic E-state index is -0.589. The highest BCUT2D eigenvalue weighted by Crippen LogP contribution is 2.14. The molecule has 5 heteroatoms. The Kier molecular flexibility index (Phi) is 4.88. The van der Waals surface area contributed by atoms with Gasteiger partial charge in [0.2, 0.25) is 0 Å². The Morgan fingerprint density at radius 2 is 1.73 bits per heavy atom. The number of anilines is 1. The standard InChI is InChI=1S/C17H17FN2O2/c1-11(2)19-16(21)12-6-5-7-13(10-12)20-17(22)14-8-3-4-9-15(14)18/h3-11H,1-2H3,(H,19,21)(H,20,22). The fourth-order valence-electron chi connectivity index (χ4n) is 1.93. The van der Waals surface area contributed by atoms with E-state index in [2.05, 4.69) is 10.6 Å². The molecule has 0 aromatic heterocycles. The maximum absolute atomic E-state index is 13.6. The Morgan fingerprint density at radius 1 is 1.00 bits per heavy atom. The van der Waals surface area contributed by atoms with E-state index in [1.807, 2.05) is 13.8 Å². The van der Waals surface area contributed by atoms with Gasteiger partial charge in [-0.15, -0.1) is 0 Å². The number of hydrogen-bond acceptors (Lipinski definition) is 2. The van der Waals surface area contributed by atoms with Crippen molar-refractivity contribution in [2.45, 2.75) is 19.9 Å². The highest BCUT2D eigenvalue weighted by Gasteiger charge is 2.12. The van der Waals surface area contributed by atoms with E-state index >= 15 is 0 Å². The molecule has 2 aromatic rings. The van der Waals surface area contributed by atoms with Gasteiger partial charge >= 0.3 is 0 Å². The molecule has 2 rings (SSSR count). The Balaban J connectivity index is 2.15. The van der Waals surface area contributed by atoms with Crippen LogP contribution in [0.25, 0.3) is 0 Å². The maximum atomic E-state index is 13.6. The largest absolute Gasteiger partial charge is 0.350 e. The van der Waals surface area contributed by atoms with Gasteiger partial charge in [0.15, 0.2) is 0 Å². The van der Waals surface area contributed by atoms with E-state index in [0.717, 1.165) is 0 Å². The van der Waals surface area contributed by atoms with Crippen molar-refractivity contribution in [1.29, 1.82) is 0 Å². The molecule has 114 valence electrons. The Morgan fingerprint density at radius 3 is 2.41 bits per heavy atom. The predicted octanol–water partition coefficient (Wildman–Crippen LogP) is 3.22. The highest BCUT2D eigenvalue weighted by molar-refractivity contribution is 6.05. The second-order valence-corrected chi connectivity index (χ2v) is 5.14. The summed E-state index contributed by atoms with van der Waals surface area (Å²) in [7, 11) is 0. The van der Waals surface area contributed by atoms with Gasteiger partial charge < -0.3 is 10.6 Å². The van der Waals surface area contributed by atoms with E-state index < -0.39 is 11.7 Å². The molecule has 0 saturated carbocycles. The summed E-state index contributed by atoms with van der Waals surface area (Å²) in [5, 5.41) is 5.36. The Labute approximate surface area is 128 Å². The highest BCUT2D eigenvalue weighted by atomic mass is 19.1. The summed E-state index contributed by atoms with van der Waals surface area (Å²) in [5.74, 6) is -1.37. The van der Waals surface area contributed by atoms with Crippen LogP contribution in [0, 0.1) is 5.82 Å². The molecule has 4 nitrogen and oxygen atoms in total. The molecule has 0 radical (unpaired) electrons. The third-order valence-corrected chi connectivity index (χ3v) is 2.92. The van der Waals surface area contributed by atoms with Gasteiger partial charge in [0.05, 0.1) is 5.56 Å². The van der Waals surface area contributed by atoms with Crippen molar-refractivity contribution < 1.29 is 14.0 Å². The molecular weight excluding hydrogens is 283 g/mol. The molecule has 0 fully saturated rings. The van der Waals surface area contributed by atoms with Gasteiger partial charge in [-0.3, -0.25) is 9.59 Å². The van der Waals surface area contributed by atoms with Gasteiger partial charge in [0, 0.05) is 17.3 Å². The fourth-order valence-corrected chi connectivity index (χ4v) is 1.93. The summed E-state index contributed by atoms with van der Waals surface area (Å²) in [6, 6.07) is 12.3. The van der Waals surface area contributed by atoms with Gasteiger partial charge in [-0.2, -0.15) is 0 Å². The number of amides is 2. The van der Waals surface area contributed by atoms with E-state index in [4.69, 9.17) is 0 Å². The summed E-state index contributed by atoms with van der Waals surface area (Å²) >= 11 is 0. The average Bonchev–Trinajstić information content (AvgIpc) is 2.47. The number of carbonyl (C=O) groups excluding carboxylic acids is 2. The number of carbonyl (C=O) groups is 2. The first kappa shape index (κ1) is 15.7. The van der Waals surface area contributed by atoms with E-state index in [-0.39, 0.29) is 17.5 Å². The first-order chi connectivity index (χ1) is 10.5. The zero-order chi connectivity index (χ0) is 16.1. The molecule has 0 saturated heterocycles. The minimum absolute atomic E-state index is 0.0177. The van der Waals surface area contributed by atoms with Crippen LogP contribution in [0.1, 0.15) is 34.6 Å². The molecule has 0 aliphatic heterocycles. The first-order valence-electron chi connectivity index (χ1n) is 6.94. The third-order valence-electron chi connectivity index (χ3n) is 2.92. The summed E-state index contributed by atoms with van der Waals surface area (Å²) in [6.45, 7) is 3.73. The van der Waals surface area contributed by atoms with Crippen molar-refractivity contribution in [3.05, 3.63) is 65.5 Å². The Hall–Kier alpha value is -2.69. The minimum Gasteiger partial charge on any atom is -0.350 e. The SMILES string of the molecule is CC(C)NC(=O)c1cccc(NC(=O)c2ccccc2F)c1. The van der Waals surface area contributed by atoms with Crippen molar-refractivity contribution in [3.8, 4) is 0 Å². The number of halogens is 1. The van der Waals surface area contributed by atoms with Crippen LogP contribution in [0.15, 0.2) is 48.5 Å². The monoisotopic (exact) mass is 300 g/mol. The van der Waals surface area contributed by atoms with Crippen LogP contribution in [0.3, 0.4) is 0 Å². The van der Waals surface area contributed by atoms with Crippen LogP contribution < -0.4 is 10.6 Å². The molecule has 2 aromatic carbocycles. The maximum Gasteiger partial charge on any atom is 0.258 e. The molecule has 2 amide bonds. The zero-order valence-electron chi connectivity index (χ0n) is 12.4. The predicted molar refractivity (Wildman–Crippen MR) is 83.4 cm³/mol. The molecule has 0 atom stereocenters. The van der Waals surface area contributed by atoms with Crippen molar-refractivity contribution in [3.63, 3.8) is 0 Å². The van der Waals surface area contributed by atoms with Crippen LogP contribution in [0.4, 0.5) is 10.1 Å². The van der Waals surface area contributed by atoms with E-state index in [1.54, 1.807) is 30.3 Å². The molecule has 2 N–H and O–H groups in total. The summed E-state index contributed by atoms with van der Waals surface area (Å²) in [6.07, 6.45) is 0. The molecule has 0 aliphatic rings. The molecule has 0 spiro atoms. The molecule has 0 bridgehead atoms. The van der Waals surface area contributed by atoms with Crippen LogP contribution in [-0.2, 0) is 0 Å². The lowest BCUT2D eigenvalue weighted by Gasteiger charge is -2.10. The first-order valence-corrected chi connectivity index (χ1v) is 6.94. The van der Waals surface area contributed by atoms with Crippen molar-refractivity contribution in [2.24, 2.45) is 0 Å². The van der Waals surface area contributed by atoms with Crippen LogP contribution in [0.2, 0.25) is 0 Å². The van der Waals surface area contributed by atoms with Gasteiger partial charge in [0.25, 0.3) is 11.8 Å². The topological polar surface area (TPSA) is 58.2 Å². The van der Waals surface area contributed by atoms with E-state index in [1.165, 1.54) is 18.2 Å². The lowest BCUT2D eigenvalue weighted by atomic mass is 10.1. The lowest BCUT2D eigenvalue weighted by molar-refractivity contribution is 0.0941. The van der Waals surface area contributed by atoms with Gasteiger partial charge in [-0.05, 0) is 44.2 Å². The lowest BCUT2D eigenvalue weighted by Crippen LogP contribution is -2.30. The van der Waals surface area contributed by atoms with Crippen LogP contribution >= 0.6 is 0 Å². The van der Waals surface area contributed by atoms with Crippen molar-refractivity contribution >= 4 is 17.5 Å². The number of hydrogen-bond donors (Lipinski definition) is 2. The second-order valence-electron chi connectivity index (χ2n) is 5.14. The molecular formula is C17H17FN2O2. The van der Waals surface area contributed by atoms with Crippen LogP contribution in [0.5, 0.6) is 0 Å². The molecule has 0 heterocycles. The van der Waals surface area contributed by atoms with Crippen LogP contribution in [-0.4, -0.2) is 17.9 Å². The van der Waals surface area contributed by atoms with Gasteiger partial charge in [-0.25, -0.2) is 4.39 Å². The van der Waals surface area contributed by atoms with Crippen molar-refractivity contribution in [1.82, 2.24) is 5.32 Å². The third kappa shape index (κ3) is 3.91. The van der Waals surface area contributed by atoms with E-state index in [0.29, 0.717) is 11.3 Å². The summed E-state index contributed by atoms with van der Waals surface area (Å²) in [5.41, 5.74) is 0.823.